The van der Waals surface area contributed by atoms with E-state index in [4.69, 9.17) is 29.4 Å². The molecule has 0 bridgehead atoms. The molecule has 12 aromatic rings. The maximum atomic E-state index is 6.34. The van der Waals surface area contributed by atoms with Crippen LogP contribution in [0.2, 0.25) is 0 Å². The molecule has 2 aliphatic rings. The highest BCUT2D eigenvalue weighted by Crippen LogP contribution is 2.55. The lowest BCUT2D eigenvalue weighted by Crippen LogP contribution is -2.14. The molecule has 316 valence electrons. The third-order valence-corrected chi connectivity index (χ3v) is 15.7. The van der Waals surface area contributed by atoms with Gasteiger partial charge in [-0.2, -0.15) is 0 Å². The van der Waals surface area contributed by atoms with Crippen molar-refractivity contribution in [1.82, 2.24) is 19.9 Å². The number of fused-ring (bicyclic) bond motifs is 7. The molecule has 0 amide bonds. The third-order valence-electron chi connectivity index (χ3n) is 12.4. The highest BCUT2D eigenvalue weighted by Gasteiger charge is 2.29. The predicted octanol–water partition coefficient (Wildman–Crippen LogP) is 16.7. The number of ether oxygens (including phenoxy) is 2. The summed E-state index contributed by atoms with van der Waals surface area (Å²) < 4.78 is 12.6. The minimum absolute atomic E-state index is 0.827. The first-order valence-electron chi connectivity index (χ1n) is 21.8. The number of thiophene rings is 3. The predicted molar refractivity (Wildman–Crippen MR) is 275 cm³/mol. The number of hydrogen-bond acceptors (Lipinski definition) is 11. The highest BCUT2D eigenvalue weighted by atomic mass is 32.1. The van der Waals surface area contributed by atoms with Crippen molar-refractivity contribution >= 4 is 99.6 Å². The average molecular weight is 917 g/mol. The Morgan fingerprint density at radius 2 is 0.657 bits per heavy atom. The summed E-state index contributed by atoms with van der Waals surface area (Å²) in [7, 11) is 0. The topological polar surface area (TPSA) is 76.5 Å². The number of aromatic nitrogens is 4. The fraction of sp³-hybridized carbons (Fsp3) is 0. The minimum Gasteiger partial charge on any atom is -0.453 e. The second-order valence-corrected chi connectivity index (χ2v) is 19.4. The van der Waals surface area contributed by atoms with Crippen LogP contribution in [0, 0.1) is 0 Å². The van der Waals surface area contributed by atoms with Crippen LogP contribution in [0.4, 0.5) is 32.8 Å². The van der Waals surface area contributed by atoms with Crippen molar-refractivity contribution in [1.29, 1.82) is 0 Å². The van der Waals surface area contributed by atoms with Crippen LogP contribution in [0.5, 0.6) is 23.0 Å². The quantitative estimate of drug-likeness (QED) is 0.153. The van der Waals surface area contributed by atoms with Crippen molar-refractivity contribution in [3.8, 4) is 64.8 Å². The smallest absolute Gasteiger partial charge is 0.151 e. The van der Waals surface area contributed by atoms with Gasteiger partial charge in [-0.05, 0) is 95.7 Å². The van der Waals surface area contributed by atoms with Crippen LogP contribution >= 0.6 is 34.0 Å². The Morgan fingerprint density at radius 1 is 0.313 bits per heavy atom. The molecule has 0 spiro atoms. The molecule has 67 heavy (non-hydrogen) atoms. The molecule has 0 N–H and O–H groups in total. The van der Waals surface area contributed by atoms with E-state index in [0.29, 0.717) is 0 Å². The Kier molecular flexibility index (Phi) is 8.63. The molecule has 7 aromatic carbocycles. The van der Waals surface area contributed by atoms with Gasteiger partial charge >= 0.3 is 0 Å². The van der Waals surface area contributed by atoms with Crippen molar-refractivity contribution in [2.45, 2.75) is 0 Å². The molecular formula is C56H32N6O2S3. The number of rotatable bonds is 6. The molecule has 0 aliphatic carbocycles. The van der Waals surface area contributed by atoms with E-state index in [-0.39, 0.29) is 0 Å². The van der Waals surface area contributed by atoms with Gasteiger partial charge in [0.05, 0.1) is 44.8 Å². The summed E-state index contributed by atoms with van der Waals surface area (Å²) in [6.07, 6.45) is 7.17. The zero-order valence-corrected chi connectivity index (χ0v) is 37.6. The molecule has 14 rings (SSSR count). The monoisotopic (exact) mass is 916 g/mol. The molecule has 0 fully saturated rings. The third kappa shape index (κ3) is 6.02. The fourth-order valence-electron chi connectivity index (χ4n) is 9.51. The molecular weight excluding hydrogens is 885 g/mol. The normalized spacial score (nSPS) is 12.7. The van der Waals surface area contributed by atoms with E-state index in [1.54, 1.807) is 58.8 Å². The van der Waals surface area contributed by atoms with Gasteiger partial charge in [-0.1, -0.05) is 84.9 Å². The van der Waals surface area contributed by atoms with Gasteiger partial charge < -0.3 is 9.47 Å². The van der Waals surface area contributed by atoms with Crippen LogP contribution in [-0.2, 0) is 0 Å². The summed E-state index contributed by atoms with van der Waals surface area (Å²) in [5, 5.41) is 4.41. The largest absolute Gasteiger partial charge is 0.453 e. The van der Waals surface area contributed by atoms with Crippen LogP contribution in [-0.4, -0.2) is 19.9 Å². The zero-order valence-electron chi connectivity index (χ0n) is 35.2. The summed E-state index contributed by atoms with van der Waals surface area (Å²) in [5.41, 5.74) is 11.7. The molecule has 0 radical (unpaired) electrons. The molecule has 8 nitrogen and oxygen atoms in total. The highest BCUT2D eigenvalue weighted by molar-refractivity contribution is 7.20. The number of anilines is 6. The van der Waals surface area contributed by atoms with Crippen LogP contribution in [0.3, 0.4) is 0 Å². The Morgan fingerprint density at radius 3 is 1.13 bits per heavy atom. The van der Waals surface area contributed by atoms with Gasteiger partial charge in [0, 0.05) is 66.5 Å². The summed E-state index contributed by atoms with van der Waals surface area (Å²) in [6, 6.07) is 59.0. The average Bonchev–Trinajstić information content (AvgIpc) is 4.19. The van der Waals surface area contributed by atoms with E-state index >= 15 is 0 Å². The van der Waals surface area contributed by atoms with Crippen LogP contribution in [0.1, 0.15) is 0 Å². The molecule has 5 aromatic heterocycles. The van der Waals surface area contributed by atoms with Crippen molar-refractivity contribution < 1.29 is 9.47 Å². The first-order chi connectivity index (χ1) is 33.2. The Bertz CT molecular complexity index is 3800. The Balaban J connectivity index is 0.856. The van der Waals surface area contributed by atoms with E-state index in [2.05, 4.69) is 131 Å². The Hall–Kier alpha value is -8.22. The van der Waals surface area contributed by atoms with Crippen molar-refractivity contribution in [2.75, 3.05) is 9.80 Å². The fourth-order valence-corrected chi connectivity index (χ4v) is 12.8. The maximum absolute atomic E-state index is 6.34. The first kappa shape index (κ1) is 38.1. The second-order valence-electron chi connectivity index (χ2n) is 16.1. The molecule has 7 heterocycles. The summed E-state index contributed by atoms with van der Waals surface area (Å²) >= 11 is 5.21. The molecule has 0 unspecified atom stereocenters. The zero-order chi connectivity index (χ0) is 44.0. The summed E-state index contributed by atoms with van der Waals surface area (Å²) in [5.74, 6) is 3.31. The van der Waals surface area contributed by atoms with Crippen LogP contribution < -0.4 is 19.3 Å². The van der Waals surface area contributed by atoms with Crippen molar-refractivity contribution in [2.24, 2.45) is 0 Å². The van der Waals surface area contributed by atoms with Gasteiger partial charge in [-0.3, -0.25) is 29.7 Å². The molecule has 0 saturated heterocycles. The number of hydrogen-bond donors (Lipinski definition) is 0. The standard InChI is InChI=1S/C56H32N6O2S3/c1-2-12-34-33(11-1)51(55-56(60-32-31-59-55)52(34)48-26-28-50(67-48)62-39-15-5-9-19-43(39)64-44-20-10-6-16-40(44)62)47-24-23-45(65-47)35-21-22-36(54-53(35)57-29-30-58-54)46-25-27-49(66-46)61-37-13-3-7-17-41(37)63-42-18-8-4-14-38(42)61/h1-32H. The van der Waals surface area contributed by atoms with Gasteiger partial charge in [0.15, 0.2) is 23.0 Å². The summed E-state index contributed by atoms with van der Waals surface area (Å²) in [4.78, 5) is 29.1. The van der Waals surface area contributed by atoms with Crippen LogP contribution in [0.15, 0.2) is 195 Å². The molecule has 0 atom stereocenters. The van der Waals surface area contributed by atoms with E-state index in [0.717, 1.165) is 130 Å². The van der Waals surface area contributed by atoms with Crippen molar-refractivity contribution in [3.05, 3.63) is 195 Å². The number of nitrogens with zero attached hydrogens (tertiary/aromatic N) is 6. The lowest BCUT2D eigenvalue weighted by molar-refractivity contribution is 0.477. The van der Waals surface area contributed by atoms with E-state index < -0.39 is 0 Å². The van der Waals surface area contributed by atoms with Gasteiger partial charge in [-0.15, -0.1) is 34.0 Å². The first-order valence-corrected chi connectivity index (χ1v) is 24.2. The van der Waals surface area contributed by atoms with Gasteiger partial charge in [0.2, 0.25) is 0 Å². The van der Waals surface area contributed by atoms with E-state index in [1.807, 2.05) is 48.5 Å². The molecule has 0 saturated carbocycles. The Labute approximate surface area is 395 Å². The lowest BCUT2D eigenvalue weighted by Gasteiger charge is -2.31. The van der Waals surface area contributed by atoms with Crippen molar-refractivity contribution in [3.63, 3.8) is 0 Å². The number of para-hydroxylation sites is 8. The second kappa shape index (κ2) is 15.2. The summed E-state index contributed by atoms with van der Waals surface area (Å²) in [6.45, 7) is 0. The van der Waals surface area contributed by atoms with Gasteiger partial charge in [-0.25, -0.2) is 0 Å². The van der Waals surface area contributed by atoms with Crippen LogP contribution in [0.25, 0.3) is 74.6 Å². The SMILES string of the molecule is c1ccc2c(c1)Oc1ccccc1N2c1ccc(-c2ccc(-c3ccc(-c4c5ccccc5c(-c5ccc(N6c7ccccc7Oc7ccccc76)s5)c5nccnc45)s3)c3nccnc23)s1. The molecule has 11 heteroatoms. The molecule has 2 aliphatic heterocycles. The maximum Gasteiger partial charge on any atom is 0.151 e. The van der Waals surface area contributed by atoms with E-state index in [9.17, 15) is 0 Å². The lowest BCUT2D eigenvalue weighted by atomic mass is 9.95. The van der Waals surface area contributed by atoms with Gasteiger partial charge in [0.25, 0.3) is 0 Å². The number of benzene rings is 7. The van der Waals surface area contributed by atoms with Gasteiger partial charge in [0.1, 0.15) is 10.0 Å². The van der Waals surface area contributed by atoms with E-state index in [1.165, 1.54) is 0 Å². The minimum atomic E-state index is 0.827.